The van der Waals surface area contributed by atoms with Crippen LogP contribution < -0.4 is 15.4 Å². The lowest BCUT2D eigenvalue weighted by Gasteiger charge is -2.16. The van der Waals surface area contributed by atoms with E-state index in [0.717, 1.165) is 12.0 Å². The van der Waals surface area contributed by atoms with Gasteiger partial charge in [0, 0.05) is 30.8 Å². The summed E-state index contributed by atoms with van der Waals surface area (Å²) >= 11 is 3.39. The fourth-order valence-corrected chi connectivity index (χ4v) is 4.20. The molecule has 1 aromatic carbocycles. The molecule has 4 N–H and O–H groups in total. The molecule has 0 amide bonds. The molecule has 1 heterocycles. The van der Waals surface area contributed by atoms with E-state index in [1.54, 1.807) is 30.7 Å². The van der Waals surface area contributed by atoms with E-state index >= 15 is 0 Å². The molecule has 34 heavy (non-hydrogen) atoms. The maximum atomic E-state index is 12.7. The minimum atomic E-state index is -3.68. The van der Waals surface area contributed by atoms with Gasteiger partial charge in [-0.05, 0) is 65.9 Å². The minimum Gasteiger partial charge on any atom is -0.394 e. The average Bonchev–Trinajstić information content (AvgIpc) is 2.82. The van der Waals surface area contributed by atoms with Crippen molar-refractivity contribution in [2.75, 3.05) is 23.8 Å². The number of hydrogen-bond acceptors (Lipinski definition) is 8. The van der Waals surface area contributed by atoms with Gasteiger partial charge in [-0.25, -0.2) is 18.1 Å². The number of allylic oxidation sites excluding steroid dienone is 2. The predicted molar refractivity (Wildman–Crippen MR) is 141 cm³/mol. The van der Waals surface area contributed by atoms with Crippen LogP contribution >= 0.6 is 15.9 Å². The Morgan fingerprint density at radius 2 is 2.18 bits per heavy atom. The van der Waals surface area contributed by atoms with Crippen LogP contribution in [0.25, 0.3) is 0 Å². The zero-order valence-corrected chi connectivity index (χ0v) is 21.7. The fraction of sp³-hybridized carbons (Fsp3) is 0.348. The minimum absolute atomic E-state index is 0.0273. The van der Waals surface area contributed by atoms with E-state index in [1.165, 1.54) is 12.1 Å². The van der Waals surface area contributed by atoms with Crippen molar-refractivity contribution in [1.29, 1.82) is 0 Å². The Labute approximate surface area is 209 Å². The summed E-state index contributed by atoms with van der Waals surface area (Å²) < 4.78 is 28.7. The van der Waals surface area contributed by atoms with Crippen LogP contribution in [0.5, 0.6) is 0 Å². The highest BCUT2D eigenvalue weighted by Crippen LogP contribution is 2.24. The predicted octanol–water partition coefficient (Wildman–Crippen LogP) is 4.38. The second-order valence-corrected chi connectivity index (χ2v) is 10.0. The van der Waals surface area contributed by atoms with Gasteiger partial charge in [0.05, 0.1) is 22.0 Å². The fourth-order valence-electron chi connectivity index (χ4n) is 2.77. The SMILES string of the molecule is C=C(C=N/C=C\C)CCCNS(=O)(=O)c1cccc(Nc2ncc(Br)c(N[C@H](CC)CO)n2)c1. The number of halogens is 1. The highest BCUT2D eigenvalue weighted by Gasteiger charge is 2.15. The standard InChI is InChI=1S/C23H31BrN6O3S/c1-4-11-25-14-17(3)8-7-12-27-34(32,33)20-10-6-9-19(13-20)29-23-26-15-21(24)22(30-23)28-18(5-2)16-31/h4,6,9-11,13-15,18,27,31H,3,5,7-8,12,16H2,1-2H3,(H2,26,28,29,30)/b11-4-,25-14?/t18-/m1/s1. The zero-order valence-electron chi connectivity index (χ0n) is 19.3. The molecule has 0 saturated heterocycles. The molecule has 0 spiro atoms. The second kappa shape index (κ2) is 14.0. The van der Waals surface area contributed by atoms with Crippen LogP contribution in [0, 0.1) is 0 Å². The van der Waals surface area contributed by atoms with Crippen molar-refractivity contribution in [3.63, 3.8) is 0 Å². The average molecular weight is 552 g/mol. The third kappa shape index (κ3) is 8.98. The van der Waals surface area contributed by atoms with E-state index in [-0.39, 0.29) is 24.1 Å². The Bertz CT molecular complexity index is 1120. The topological polar surface area (TPSA) is 129 Å². The molecule has 0 aliphatic carbocycles. The van der Waals surface area contributed by atoms with E-state index < -0.39 is 10.0 Å². The number of aliphatic hydroxyl groups is 1. The van der Waals surface area contributed by atoms with Crippen LogP contribution in [0.4, 0.5) is 17.5 Å². The maximum absolute atomic E-state index is 12.7. The van der Waals surface area contributed by atoms with Gasteiger partial charge in [-0.2, -0.15) is 4.98 Å². The van der Waals surface area contributed by atoms with E-state index in [9.17, 15) is 13.5 Å². The molecule has 11 heteroatoms. The highest BCUT2D eigenvalue weighted by molar-refractivity contribution is 9.10. The summed E-state index contributed by atoms with van der Waals surface area (Å²) in [7, 11) is -3.68. The summed E-state index contributed by atoms with van der Waals surface area (Å²) in [6.45, 7) is 7.99. The van der Waals surface area contributed by atoms with E-state index in [2.05, 4.69) is 52.8 Å². The summed E-state index contributed by atoms with van der Waals surface area (Å²) in [5.41, 5.74) is 1.36. The molecular formula is C23H31BrN6O3S. The van der Waals surface area contributed by atoms with Crippen LogP contribution in [-0.4, -0.2) is 48.9 Å². The van der Waals surface area contributed by atoms with Gasteiger partial charge in [0.25, 0.3) is 0 Å². The molecule has 1 atom stereocenters. The molecule has 0 aliphatic rings. The molecule has 0 aliphatic heterocycles. The lowest BCUT2D eigenvalue weighted by atomic mass is 10.2. The first-order valence-corrected chi connectivity index (χ1v) is 13.2. The smallest absolute Gasteiger partial charge is 0.240 e. The number of rotatable bonds is 14. The summed E-state index contributed by atoms with van der Waals surface area (Å²) in [4.78, 5) is 12.8. The first-order chi connectivity index (χ1) is 16.3. The lowest BCUT2D eigenvalue weighted by molar-refractivity contribution is 0.271. The number of aliphatic imine (C=N–C) groups is 1. The van der Waals surface area contributed by atoms with Gasteiger partial charge in [0.1, 0.15) is 5.82 Å². The van der Waals surface area contributed by atoms with Gasteiger partial charge >= 0.3 is 0 Å². The summed E-state index contributed by atoms with van der Waals surface area (Å²) in [6.07, 6.45) is 8.70. The van der Waals surface area contributed by atoms with Crippen molar-refractivity contribution < 1.29 is 13.5 Å². The Kier molecular flexibility index (Phi) is 11.3. The maximum Gasteiger partial charge on any atom is 0.240 e. The first-order valence-electron chi connectivity index (χ1n) is 10.9. The molecule has 2 aromatic rings. The Morgan fingerprint density at radius 3 is 2.88 bits per heavy atom. The number of nitrogens with one attached hydrogen (secondary N) is 3. The number of hydrogen-bond donors (Lipinski definition) is 4. The van der Waals surface area contributed by atoms with Crippen molar-refractivity contribution in [3.8, 4) is 0 Å². The summed E-state index contributed by atoms with van der Waals surface area (Å²) in [6, 6.07) is 6.28. The zero-order chi connectivity index (χ0) is 25.0. The number of benzene rings is 1. The van der Waals surface area contributed by atoms with E-state index in [0.29, 0.717) is 34.8 Å². The molecule has 0 unspecified atom stereocenters. The molecule has 0 radical (unpaired) electrons. The summed E-state index contributed by atoms with van der Waals surface area (Å²) in [5, 5.41) is 15.6. The number of nitrogens with zero attached hydrogens (tertiary/aromatic N) is 3. The normalized spacial score (nSPS) is 12.8. The van der Waals surface area contributed by atoms with Crippen LogP contribution in [0.3, 0.4) is 0 Å². The third-order valence-corrected chi connectivity index (χ3v) is 6.70. The van der Waals surface area contributed by atoms with E-state index in [1.807, 2.05) is 19.9 Å². The highest BCUT2D eigenvalue weighted by atomic mass is 79.9. The van der Waals surface area contributed by atoms with Crippen molar-refractivity contribution in [1.82, 2.24) is 14.7 Å². The monoisotopic (exact) mass is 550 g/mol. The van der Waals surface area contributed by atoms with Gasteiger partial charge in [0.2, 0.25) is 16.0 Å². The molecule has 1 aromatic heterocycles. The largest absolute Gasteiger partial charge is 0.394 e. The Hall–Kier alpha value is -2.60. The molecule has 2 rings (SSSR count). The van der Waals surface area contributed by atoms with Crippen LogP contribution in [0.1, 0.15) is 33.1 Å². The first kappa shape index (κ1) is 27.6. The van der Waals surface area contributed by atoms with Gasteiger partial charge in [-0.3, -0.25) is 4.99 Å². The molecule has 0 saturated carbocycles. The van der Waals surface area contributed by atoms with Gasteiger partial charge < -0.3 is 15.7 Å². The molecule has 0 fully saturated rings. The quantitative estimate of drug-likeness (QED) is 0.203. The Balaban J connectivity index is 2.02. The van der Waals surface area contributed by atoms with Gasteiger partial charge in [0.15, 0.2) is 0 Å². The number of anilines is 3. The van der Waals surface area contributed by atoms with Gasteiger partial charge in [-0.1, -0.05) is 25.6 Å². The second-order valence-electron chi connectivity index (χ2n) is 7.40. The molecule has 0 bridgehead atoms. The molecular weight excluding hydrogens is 520 g/mol. The van der Waals surface area contributed by atoms with Crippen molar-refractivity contribution in [3.05, 3.63) is 59.4 Å². The van der Waals surface area contributed by atoms with Crippen molar-refractivity contribution >= 4 is 49.6 Å². The number of aliphatic hydroxyl groups excluding tert-OH is 1. The van der Waals surface area contributed by atoms with Crippen molar-refractivity contribution in [2.24, 2.45) is 4.99 Å². The number of aromatic nitrogens is 2. The Morgan fingerprint density at radius 1 is 1.38 bits per heavy atom. The van der Waals surface area contributed by atoms with E-state index in [4.69, 9.17) is 0 Å². The number of sulfonamides is 1. The molecule has 9 nitrogen and oxygen atoms in total. The van der Waals surface area contributed by atoms with Crippen LogP contribution in [0.2, 0.25) is 0 Å². The molecule has 184 valence electrons. The lowest BCUT2D eigenvalue weighted by Crippen LogP contribution is -2.25. The summed E-state index contributed by atoms with van der Waals surface area (Å²) in [5.74, 6) is 0.820. The van der Waals surface area contributed by atoms with Crippen LogP contribution in [0.15, 0.2) is 69.3 Å². The van der Waals surface area contributed by atoms with Crippen molar-refractivity contribution in [2.45, 2.75) is 44.0 Å². The van der Waals surface area contributed by atoms with Crippen LogP contribution in [-0.2, 0) is 10.0 Å². The third-order valence-electron chi connectivity index (χ3n) is 4.66. The van der Waals surface area contributed by atoms with Gasteiger partial charge in [-0.15, -0.1) is 0 Å².